The maximum atomic E-state index is 12.6. The molecule has 1 fully saturated rings. The van der Waals surface area contributed by atoms with E-state index in [0.717, 1.165) is 11.1 Å². The summed E-state index contributed by atoms with van der Waals surface area (Å²) >= 11 is 0. The van der Waals surface area contributed by atoms with Gasteiger partial charge in [-0.1, -0.05) is 36.4 Å². The van der Waals surface area contributed by atoms with Crippen LogP contribution in [-0.2, 0) is 20.6 Å². The van der Waals surface area contributed by atoms with E-state index in [-0.39, 0.29) is 11.7 Å². The van der Waals surface area contributed by atoms with E-state index in [1.165, 1.54) is 10.4 Å². The molecule has 1 aliphatic rings. The van der Waals surface area contributed by atoms with Gasteiger partial charge in [-0.15, -0.1) is 0 Å². The number of ether oxygens (including phenoxy) is 2. The van der Waals surface area contributed by atoms with Crippen molar-refractivity contribution in [1.82, 2.24) is 9.21 Å². The third kappa shape index (κ3) is 5.40. The Kier molecular flexibility index (Phi) is 7.12. The second-order valence-corrected chi connectivity index (χ2v) is 8.88. The summed E-state index contributed by atoms with van der Waals surface area (Å²) in [5.41, 5.74) is 1.57. The largest absolute Gasteiger partial charge is 0.493 e. The Morgan fingerprint density at radius 3 is 2.27 bits per heavy atom. The van der Waals surface area contributed by atoms with E-state index in [4.69, 9.17) is 9.47 Å². The molecule has 0 aromatic heterocycles. The van der Waals surface area contributed by atoms with Crippen molar-refractivity contribution in [1.29, 1.82) is 0 Å². The fourth-order valence-electron chi connectivity index (χ4n) is 3.29. The lowest BCUT2D eigenvalue weighted by Gasteiger charge is -2.33. The highest BCUT2D eigenvalue weighted by Gasteiger charge is 2.28. The van der Waals surface area contributed by atoms with Crippen LogP contribution in [0, 0.1) is 0 Å². The molecule has 0 saturated carbocycles. The summed E-state index contributed by atoms with van der Waals surface area (Å²) < 4.78 is 37.2. The number of benzene rings is 2. The highest BCUT2D eigenvalue weighted by molar-refractivity contribution is 7.88. The van der Waals surface area contributed by atoms with Gasteiger partial charge in [0.1, 0.15) is 0 Å². The van der Waals surface area contributed by atoms with Gasteiger partial charge in [0.25, 0.3) is 0 Å². The van der Waals surface area contributed by atoms with Gasteiger partial charge >= 0.3 is 0 Å². The molecule has 0 bridgehead atoms. The van der Waals surface area contributed by atoms with Crippen molar-refractivity contribution in [2.24, 2.45) is 0 Å². The molecule has 7 nitrogen and oxygen atoms in total. The van der Waals surface area contributed by atoms with Gasteiger partial charge in [0.15, 0.2) is 11.5 Å². The average molecular weight is 431 g/mol. The van der Waals surface area contributed by atoms with Crippen LogP contribution in [-0.4, -0.2) is 63.9 Å². The Hall–Kier alpha value is -2.84. The van der Waals surface area contributed by atoms with Crippen molar-refractivity contribution in [3.8, 4) is 11.5 Å². The second-order valence-electron chi connectivity index (χ2n) is 6.91. The molecular weight excluding hydrogens is 404 g/mol. The molecule has 30 heavy (non-hydrogen) atoms. The lowest BCUT2D eigenvalue weighted by molar-refractivity contribution is -0.127. The Morgan fingerprint density at radius 2 is 1.63 bits per heavy atom. The predicted octanol–water partition coefficient (Wildman–Crippen LogP) is 2.39. The highest BCUT2D eigenvalue weighted by Crippen LogP contribution is 2.28. The van der Waals surface area contributed by atoms with Gasteiger partial charge in [0.05, 0.1) is 20.0 Å². The van der Waals surface area contributed by atoms with E-state index in [0.29, 0.717) is 37.7 Å². The van der Waals surface area contributed by atoms with Crippen LogP contribution in [0.25, 0.3) is 6.08 Å². The molecule has 2 aromatic rings. The number of piperazine rings is 1. The smallest absolute Gasteiger partial charge is 0.246 e. The van der Waals surface area contributed by atoms with E-state index >= 15 is 0 Å². The Balaban J connectivity index is 1.57. The number of hydrogen-bond acceptors (Lipinski definition) is 5. The van der Waals surface area contributed by atoms with Crippen LogP contribution in [0.3, 0.4) is 0 Å². The van der Waals surface area contributed by atoms with Crippen molar-refractivity contribution in [2.45, 2.75) is 5.75 Å². The first-order valence-electron chi connectivity index (χ1n) is 9.63. The lowest BCUT2D eigenvalue weighted by Crippen LogP contribution is -2.50. The molecule has 0 N–H and O–H groups in total. The van der Waals surface area contributed by atoms with Gasteiger partial charge in [0.2, 0.25) is 15.9 Å². The fraction of sp³-hybridized carbons (Fsp3) is 0.318. The molecule has 0 spiro atoms. The first-order chi connectivity index (χ1) is 14.4. The molecular formula is C22H26N2O5S. The van der Waals surface area contributed by atoms with Gasteiger partial charge < -0.3 is 14.4 Å². The number of carbonyl (C=O) groups excluding carboxylic acids is 1. The molecule has 3 rings (SSSR count). The first-order valence-corrected chi connectivity index (χ1v) is 11.2. The summed E-state index contributed by atoms with van der Waals surface area (Å²) in [6.07, 6.45) is 3.21. The van der Waals surface area contributed by atoms with Crippen LogP contribution in [0.5, 0.6) is 11.5 Å². The van der Waals surface area contributed by atoms with E-state index < -0.39 is 10.0 Å². The van der Waals surface area contributed by atoms with Crippen LogP contribution in [0.1, 0.15) is 11.1 Å². The number of methoxy groups -OCH3 is 2. The summed E-state index contributed by atoms with van der Waals surface area (Å²) in [5, 5.41) is 0. The SMILES string of the molecule is COc1ccc(C=CC(=O)N2CCN(S(=O)(=O)Cc3ccccc3)CC2)cc1OC. The van der Waals surface area contributed by atoms with Crippen molar-refractivity contribution in [3.63, 3.8) is 0 Å². The third-order valence-electron chi connectivity index (χ3n) is 4.96. The van der Waals surface area contributed by atoms with Crippen LogP contribution < -0.4 is 9.47 Å². The minimum absolute atomic E-state index is 0.0268. The molecule has 1 aliphatic heterocycles. The topological polar surface area (TPSA) is 76.2 Å². The standard InChI is InChI=1S/C22H26N2O5S/c1-28-20-10-8-18(16-21(20)29-2)9-11-22(25)23-12-14-24(15-13-23)30(26,27)17-19-6-4-3-5-7-19/h3-11,16H,12-15,17H2,1-2H3. The number of amides is 1. The maximum absolute atomic E-state index is 12.6. The molecule has 0 radical (unpaired) electrons. The Labute approximate surface area is 177 Å². The molecule has 0 atom stereocenters. The number of rotatable bonds is 7. The number of sulfonamides is 1. The van der Waals surface area contributed by atoms with Crippen molar-refractivity contribution < 1.29 is 22.7 Å². The van der Waals surface area contributed by atoms with E-state index in [1.54, 1.807) is 49.5 Å². The maximum Gasteiger partial charge on any atom is 0.246 e. The summed E-state index contributed by atoms with van der Waals surface area (Å²) in [6, 6.07) is 14.5. The van der Waals surface area contributed by atoms with Gasteiger partial charge in [-0.05, 0) is 29.3 Å². The Bertz CT molecular complexity index is 997. The first kappa shape index (κ1) is 21.9. The lowest BCUT2D eigenvalue weighted by atomic mass is 10.2. The molecule has 1 amide bonds. The number of carbonyl (C=O) groups is 1. The van der Waals surface area contributed by atoms with E-state index in [1.807, 2.05) is 24.3 Å². The zero-order chi connectivity index (χ0) is 21.6. The van der Waals surface area contributed by atoms with Crippen molar-refractivity contribution in [3.05, 3.63) is 65.7 Å². The van der Waals surface area contributed by atoms with Crippen molar-refractivity contribution >= 4 is 22.0 Å². The molecule has 0 unspecified atom stereocenters. The Morgan fingerprint density at radius 1 is 0.967 bits per heavy atom. The molecule has 1 heterocycles. The summed E-state index contributed by atoms with van der Waals surface area (Å²) in [5.74, 6) is 1.03. The summed E-state index contributed by atoms with van der Waals surface area (Å²) in [4.78, 5) is 14.2. The van der Waals surface area contributed by atoms with Crippen LogP contribution in [0.4, 0.5) is 0 Å². The molecule has 1 saturated heterocycles. The zero-order valence-corrected chi connectivity index (χ0v) is 18.0. The molecule has 160 valence electrons. The quantitative estimate of drug-likeness (QED) is 0.631. The monoisotopic (exact) mass is 430 g/mol. The van der Waals surface area contributed by atoms with Crippen molar-refractivity contribution in [2.75, 3.05) is 40.4 Å². The third-order valence-corrected chi connectivity index (χ3v) is 6.81. The van der Waals surface area contributed by atoms with Gasteiger partial charge in [-0.3, -0.25) is 4.79 Å². The van der Waals surface area contributed by atoms with Crippen LogP contribution in [0.2, 0.25) is 0 Å². The van der Waals surface area contributed by atoms with E-state index in [2.05, 4.69) is 0 Å². The average Bonchev–Trinajstić information content (AvgIpc) is 2.77. The number of nitrogens with zero attached hydrogens (tertiary/aromatic N) is 2. The van der Waals surface area contributed by atoms with Gasteiger partial charge in [-0.25, -0.2) is 8.42 Å². The highest BCUT2D eigenvalue weighted by atomic mass is 32.2. The fourth-order valence-corrected chi connectivity index (χ4v) is 4.81. The zero-order valence-electron chi connectivity index (χ0n) is 17.2. The normalized spacial score (nSPS) is 15.3. The van der Waals surface area contributed by atoms with Crippen LogP contribution in [0.15, 0.2) is 54.6 Å². The summed E-state index contributed by atoms with van der Waals surface area (Å²) in [6.45, 7) is 1.32. The minimum atomic E-state index is -3.40. The second kappa shape index (κ2) is 9.77. The minimum Gasteiger partial charge on any atom is -0.493 e. The molecule has 2 aromatic carbocycles. The van der Waals surface area contributed by atoms with Gasteiger partial charge in [0, 0.05) is 32.3 Å². The van der Waals surface area contributed by atoms with E-state index in [9.17, 15) is 13.2 Å². The summed E-state index contributed by atoms with van der Waals surface area (Å²) in [7, 11) is -0.280. The van der Waals surface area contributed by atoms with Crippen LogP contribution >= 0.6 is 0 Å². The molecule has 8 heteroatoms. The molecule has 0 aliphatic carbocycles. The predicted molar refractivity (Wildman–Crippen MR) is 116 cm³/mol. The van der Waals surface area contributed by atoms with Gasteiger partial charge in [-0.2, -0.15) is 4.31 Å². The number of hydrogen-bond donors (Lipinski definition) is 0.